The number of hydrogen-bond donors (Lipinski definition) is 2. The largest absolute Gasteiger partial charge is 0.496 e. The van der Waals surface area contributed by atoms with Gasteiger partial charge >= 0.3 is 4.87 Å². The van der Waals surface area contributed by atoms with Crippen LogP contribution in [-0.4, -0.2) is 12.1 Å². The fourth-order valence-electron chi connectivity index (χ4n) is 1.79. The highest BCUT2D eigenvalue weighted by molar-refractivity contribution is 7.07. The van der Waals surface area contributed by atoms with Crippen LogP contribution >= 0.6 is 11.3 Å². The van der Waals surface area contributed by atoms with Crippen molar-refractivity contribution < 1.29 is 4.74 Å². The summed E-state index contributed by atoms with van der Waals surface area (Å²) in [5, 5.41) is 5.13. The summed E-state index contributed by atoms with van der Waals surface area (Å²) in [5.74, 6) is 0.904. The molecule has 0 radical (unpaired) electrons. The monoisotopic (exact) mass is 264 g/mol. The maximum absolute atomic E-state index is 11.0. The van der Waals surface area contributed by atoms with Crippen LogP contribution in [0, 0.1) is 6.92 Å². The minimum atomic E-state index is -0.00732. The predicted molar refractivity (Wildman–Crippen MR) is 73.2 cm³/mol. The summed E-state index contributed by atoms with van der Waals surface area (Å²) in [7, 11) is 1.67. The molecule has 18 heavy (non-hydrogen) atoms. The lowest BCUT2D eigenvalue weighted by atomic mass is 10.1. The van der Waals surface area contributed by atoms with E-state index in [0.29, 0.717) is 6.54 Å². The average Bonchev–Trinajstić information content (AvgIpc) is 2.75. The lowest BCUT2D eigenvalue weighted by Gasteiger charge is -2.08. The first-order chi connectivity index (χ1) is 8.69. The van der Waals surface area contributed by atoms with Crippen LogP contribution in [0.5, 0.6) is 5.75 Å². The molecular weight excluding hydrogens is 248 g/mol. The summed E-state index contributed by atoms with van der Waals surface area (Å²) in [4.78, 5) is 13.7. The first-order valence-corrected chi connectivity index (χ1v) is 6.58. The number of nitrogens with one attached hydrogen (secondary N) is 2. The molecule has 0 aliphatic rings. The van der Waals surface area contributed by atoms with Gasteiger partial charge in [0.25, 0.3) is 0 Å². The lowest BCUT2D eigenvalue weighted by molar-refractivity contribution is 0.411. The Morgan fingerprint density at radius 2 is 2.22 bits per heavy atom. The minimum Gasteiger partial charge on any atom is -0.496 e. The van der Waals surface area contributed by atoms with Gasteiger partial charge in [0.05, 0.1) is 7.11 Å². The third-order valence-corrected chi connectivity index (χ3v) is 3.39. The highest BCUT2D eigenvalue weighted by atomic mass is 32.1. The molecule has 0 spiro atoms. The molecule has 2 rings (SSSR count). The molecule has 2 aromatic rings. The van der Waals surface area contributed by atoms with Gasteiger partial charge in [-0.2, -0.15) is 0 Å². The molecule has 2 N–H and O–H groups in total. The Kier molecular flexibility index (Phi) is 4.17. The molecule has 0 aliphatic heterocycles. The maximum Gasteiger partial charge on any atom is 0.304 e. The summed E-state index contributed by atoms with van der Waals surface area (Å²) >= 11 is 1.19. The van der Waals surface area contributed by atoms with Crippen molar-refractivity contribution >= 4 is 11.3 Å². The zero-order valence-electron chi connectivity index (χ0n) is 10.4. The smallest absolute Gasteiger partial charge is 0.304 e. The van der Waals surface area contributed by atoms with E-state index in [9.17, 15) is 4.79 Å². The number of aromatic nitrogens is 1. The topological polar surface area (TPSA) is 54.1 Å². The number of benzene rings is 1. The molecule has 1 heterocycles. The van der Waals surface area contributed by atoms with Crippen LogP contribution < -0.4 is 14.9 Å². The summed E-state index contributed by atoms with van der Waals surface area (Å²) in [5.41, 5.74) is 3.25. The van der Waals surface area contributed by atoms with Crippen LogP contribution in [0.25, 0.3) is 0 Å². The van der Waals surface area contributed by atoms with Crippen molar-refractivity contribution in [3.8, 4) is 5.75 Å². The number of thiazole rings is 1. The van der Waals surface area contributed by atoms with Crippen LogP contribution in [0.2, 0.25) is 0 Å². The number of rotatable bonds is 5. The number of aromatic amines is 1. The number of H-pyrrole nitrogens is 1. The third kappa shape index (κ3) is 3.21. The molecular formula is C13H16N2O2S. The summed E-state index contributed by atoms with van der Waals surface area (Å²) in [6.45, 7) is 3.46. The zero-order valence-corrected chi connectivity index (χ0v) is 11.3. The van der Waals surface area contributed by atoms with Gasteiger partial charge in [-0.3, -0.25) is 4.79 Å². The molecule has 96 valence electrons. The van der Waals surface area contributed by atoms with Gasteiger partial charge in [-0.05, 0) is 24.1 Å². The highest BCUT2D eigenvalue weighted by Gasteiger charge is 2.00. The van der Waals surface area contributed by atoms with Crippen molar-refractivity contribution in [3.63, 3.8) is 0 Å². The zero-order chi connectivity index (χ0) is 13.0. The van der Waals surface area contributed by atoms with Gasteiger partial charge in [-0.25, -0.2) is 0 Å². The SMILES string of the molecule is COc1ccc(CNCc2csc(=O)[nH]2)cc1C. The van der Waals surface area contributed by atoms with Gasteiger partial charge in [0.2, 0.25) is 0 Å². The van der Waals surface area contributed by atoms with E-state index in [-0.39, 0.29) is 4.87 Å². The van der Waals surface area contributed by atoms with Gasteiger partial charge in [0, 0.05) is 24.2 Å². The van der Waals surface area contributed by atoms with E-state index in [2.05, 4.69) is 16.4 Å². The predicted octanol–water partition coefficient (Wildman–Crippen LogP) is 2.04. The highest BCUT2D eigenvalue weighted by Crippen LogP contribution is 2.18. The van der Waals surface area contributed by atoms with Crippen molar-refractivity contribution in [3.05, 3.63) is 50.1 Å². The van der Waals surface area contributed by atoms with Crippen LogP contribution in [0.4, 0.5) is 0 Å². The summed E-state index contributed by atoms with van der Waals surface area (Å²) < 4.78 is 5.22. The van der Waals surface area contributed by atoms with Crippen molar-refractivity contribution in [1.29, 1.82) is 0 Å². The molecule has 1 aromatic heterocycles. The number of ether oxygens (including phenoxy) is 1. The lowest BCUT2D eigenvalue weighted by Crippen LogP contribution is -2.13. The van der Waals surface area contributed by atoms with Gasteiger partial charge in [-0.15, -0.1) is 0 Å². The molecule has 0 saturated heterocycles. The van der Waals surface area contributed by atoms with E-state index >= 15 is 0 Å². The molecule has 0 saturated carbocycles. The molecule has 0 bridgehead atoms. The summed E-state index contributed by atoms with van der Waals surface area (Å²) in [6.07, 6.45) is 0. The van der Waals surface area contributed by atoms with Crippen LogP contribution in [0.1, 0.15) is 16.8 Å². The van der Waals surface area contributed by atoms with Crippen molar-refractivity contribution in [2.75, 3.05) is 7.11 Å². The maximum atomic E-state index is 11.0. The number of methoxy groups -OCH3 is 1. The van der Waals surface area contributed by atoms with Gasteiger partial charge < -0.3 is 15.0 Å². The normalized spacial score (nSPS) is 10.6. The Morgan fingerprint density at radius 1 is 1.39 bits per heavy atom. The average molecular weight is 264 g/mol. The molecule has 4 nitrogen and oxygen atoms in total. The van der Waals surface area contributed by atoms with Crippen molar-refractivity contribution in [2.24, 2.45) is 0 Å². The third-order valence-electron chi connectivity index (χ3n) is 2.67. The molecule has 0 atom stereocenters. The second-order valence-corrected chi connectivity index (χ2v) is 4.92. The van der Waals surface area contributed by atoms with Gasteiger partial charge in [0.1, 0.15) is 5.75 Å². The summed E-state index contributed by atoms with van der Waals surface area (Å²) in [6, 6.07) is 6.11. The second kappa shape index (κ2) is 5.84. The van der Waals surface area contributed by atoms with E-state index in [1.54, 1.807) is 7.11 Å². The Morgan fingerprint density at radius 3 is 2.83 bits per heavy atom. The van der Waals surface area contributed by atoms with E-state index < -0.39 is 0 Å². The van der Waals surface area contributed by atoms with Gasteiger partial charge in [0.15, 0.2) is 0 Å². The first-order valence-electron chi connectivity index (χ1n) is 5.70. The van der Waals surface area contributed by atoms with Crippen LogP contribution in [0.15, 0.2) is 28.4 Å². The van der Waals surface area contributed by atoms with E-state index in [1.165, 1.54) is 16.9 Å². The van der Waals surface area contributed by atoms with E-state index in [4.69, 9.17) is 4.74 Å². The molecule has 5 heteroatoms. The number of aryl methyl sites for hydroxylation is 1. The Labute approximate surface area is 110 Å². The molecule has 0 fully saturated rings. The molecule has 0 aliphatic carbocycles. The van der Waals surface area contributed by atoms with Crippen LogP contribution in [-0.2, 0) is 13.1 Å². The minimum absolute atomic E-state index is 0.00732. The van der Waals surface area contributed by atoms with Crippen molar-refractivity contribution in [2.45, 2.75) is 20.0 Å². The number of hydrogen-bond acceptors (Lipinski definition) is 4. The molecule has 0 unspecified atom stereocenters. The Balaban J connectivity index is 1.90. The fraction of sp³-hybridized carbons (Fsp3) is 0.308. The fourth-order valence-corrected chi connectivity index (χ4v) is 2.37. The molecule has 0 amide bonds. The standard InChI is InChI=1S/C13H16N2O2S/c1-9-5-10(3-4-12(9)17-2)6-14-7-11-8-18-13(16)15-11/h3-5,8,14H,6-7H2,1-2H3,(H,15,16). The van der Waals surface area contributed by atoms with Crippen LogP contribution in [0.3, 0.4) is 0 Å². The Bertz CT molecular complexity index is 574. The first kappa shape index (κ1) is 12.9. The van der Waals surface area contributed by atoms with E-state index in [0.717, 1.165) is 23.6 Å². The Hall–Kier alpha value is -1.59. The van der Waals surface area contributed by atoms with Gasteiger partial charge in [-0.1, -0.05) is 23.5 Å². The second-order valence-electron chi connectivity index (χ2n) is 4.08. The van der Waals surface area contributed by atoms with E-state index in [1.807, 2.05) is 24.4 Å². The molecule has 1 aromatic carbocycles. The quantitative estimate of drug-likeness (QED) is 0.869. The van der Waals surface area contributed by atoms with Crippen molar-refractivity contribution in [1.82, 2.24) is 10.3 Å².